The van der Waals surface area contributed by atoms with Crippen molar-refractivity contribution in [1.82, 2.24) is 0 Å². The molecule has 2 nitrogen and oxygen atoms in total. The molecule has 0 saturated heterocycles. The largest absolute Gasteiger partial charge is 0.481 e. The van der Waals surface area contributed by atoms with E-state index >= 15 is 0 Å². The molecule has 0 aliphatic heterocycles. The van der Waals surface area contributed by atoms with Crippen molar-refractivity contribution in [3.05, 3.63) is 0 Å². The summed E-state index contributed by atoms with van der Waals surface area (Å²) in [7, 11) is 0. The molecular formula is C11H24O2. The fraction of sp³-hybridized carbons (Fsp3) is 0.909. The van der Waals surface area contributed by atoms with Crippen molar-refractivity contribution in [1.29, 1.82) is 0 Å². The maximum Gasteiger partial charge on any atom is 0.300 e. The molecule has 0 aromatic rings. The molecule has 1 N–H and O–H groups in total. The predicted octanol–water partition coefficient (Wildman–Crippen LogP) is 3.85. The third-order valence-corrected chi connectivity index (χ3v) is 1.71. The monoisotopic (exact) mass is 188 g/mol. The maximum absolute atomic E-state index is 9.00. The number of carboxylic acid groups (broad SMARTS) is 1. The molecule has 0 amide bonds. The van der Waals surface area contributed by atoms with Gasteiger partial charge in [0.2, 0.25) is 0 Å². The van der Waals surface area contributed by atoms with E-state index in [0.29, 0.717) is 0 Å². The maximum atomic E-state index is 9.00. The Bertz CT molecular complexity index is 90.3. The minimum atomic E-state index is -0.833. The van der Waals surface area contributed by atoms with Crippen LogP contribution in [-0.2, 0) is 4.79 Å². The van der Waals surface area contributed by atoms with E-state index in [9.17, 15) is 0 Å². The van der Waals surface area contributed by atoms with Gasteiger partial charge in [-0.15, -0.1) is 0 Å². The highest BCUT2D eigenvalue weighted by atomic mass is 16.4. The van der Waals surface area contributed by atoms with Crippen molar-refractivity contribution < 1.29 is 9.90 Å². The second-order valence-electron chi connectivity index (χ2n) is 3.29. The fourth-order valence-corrected chi connectivity index (χ4v) is 1.03. The van der Waals surface area contributed by atoms with Gasteiger partial charge in [0.05, 0.1) is 0 Å². The molecule has 13 heavy (non-hydrogen) atoms. The van der Waals surface area contributed by atoms with Gasteiger partial charge in [-0.1, -0.05) is 58.8 Å². The SMILES string of the molecule is CC(=O)O.CCCCCCCCC. The first kappa shape index (κ1) is 15.0. The Kier molecular flexibility index (Phi) is 16.1. The fourth-order valence-electron chi connectivity index (χ4n) is 1.03. The van der Waals surface area contributed by atoms with Crippen LogP contribution in [0, 0.1) is 0 Å². The predicted molar refractivity (Wildman–Crippen MR) is 57.0 cm³/mol. The van der Waals surface area contributed by atoms with Crippen molar-refractivity contribution in [3.63, 3.8) is 0 Å². The molecule has 80 valence electrons. The summed E-state index contributed by atoms with van der Waals surface area (Å²) in [5, 5.41) is 7.42. The number of carboxylic acids is 1. The molecule has 0 bridgehead atoms. The lowest BCUT2D eigenvalue weighted by molar-refractivity contribution is -0.134. The number of hydrogen-bond donors (Lipinski definition) is 1. The Morgan fingerprint density at radius 2 is 1.15 bits per heavy atom. The molecule has 0 atom stereocenters. The molecule has 0 aromatic carbocycles. The Hall–Kier alpha value is -0.530. The van der Waals surface area contributed by atoms with Crippen LogP contribution in [0.1, 0.15) is 65.7 Å². The molecule has 0 radical (unpaired) electrons. The zero-order chi connectivity index (χ0) is 10.5. The van der Waals surface area contributed by atoms with Crippen LogP contribution in [0.2, 0.25) is 0 Å². The van der Waals surface area contributed by atoms with Crippen molar-refractivity contribution in [2.45, 2.75) is 65.7 Å². The van der Waals surface area contributed by atoms with Gasteiger partial charge in [-0.25, -0.2) is 0 Å². The lowest BCUT2D eigenvalue weighted by atomic mass is 10.1. The topological polar surface area (TPSA) is 37.3 Å². The molecule has 2 heteroatoms. The zero-order valence-corrected chi connectivity index (χ0v) is 9.31. The summed E-state index contributed by atoms with van der Waals surface area (Å²) < 4.78 is 0. The van der Waals surface area contributed by atoms with Crippen molar-refractivity contribution in [2.24, 2.45) is 0 Å². The summed E-state index contributed by atoms with van der Waals surface area (Å²) in [5.41, 5.74) is 0. The van der Waals surface area contributed by atoms with Crippen LogP contribution in [0.15, 0.2) is 0 Å². The Morgan fingerprint density at radius 3 is 1.38 bits per heavy atom. The lowest BCUT2D eigenvalue weighted by Crippen LogP contribution is -1.78. The molecule has 0 saturated carbocycles. The van der Waals surface area contributed by atoms with Gasteiger partial charge in [-0.05, 0) is 0 Å². The molecule has 0 aromatic heterocycles. The quantitative estimate of drug-likeness (QED) is 0.643. The van der Waals surface area contributed by atoms with E-state index in [1.165, 1.54) is 44.9 Å². The van der Waals surface area contributed by atoms with E-state index in [2.05, 4.69) is 13.8 Å². The third-order valence-electron chi connectivity index (χ3n) is 1.71. The van der Waals surface area contributed by atoms with Gasteiger partial charge < -0.3 is 5.11 Å². The van der Waals surface area contributed by atoms with E-state index < -0.39 is 5.97 Å². The molecule has 0 unspecified atom stereocenters. The average Bonchev–Trinajstić information content (AvgIpc) is 2.03. The number of aliphatic carboxylic acids is 1. The van der Waals surface area contributed by atoms with E-state index in [1.807, 2.05) is 0 Å². The van der Waals surface area contributed by atoms with Gasteiger partial charge in [0.25, 0.3) is 5.97 Å². The van der Waals surface area contributed by atoms with Crippen LogP contribution in [0.3, 0.4) is 0 Å². The summed E-state index contributed by atoms with van der Waals surface area (Å²) in [6, 6.07) is 0. The van der Waals surface area contributed by atoms with E-state index in [-0.39, 0.29) is 0 Å². The minimum absolute atomic E-state index is 0.833. The van der Waals surface area contributed by atoms with Gasteiger partial charge in [-0.2, -0.15) is 0 Å². The summed E-state index contributed by atoms with van der Waals surface area (Å²) in [6.45, 7) is 5.61. The van der Waals surface area contributed by atoms with Crippen LogP contribution in [-0.4, -0.2) is 11.1 Å². The highest BCUT2D eigenvalue weighted by Gasteiger charge is 1.85. The molecule has 0 aliphatic carbocycles. The van der Waals surface area contributed by atoms with Gasteiger partial charge in [0, 0.05) is 6.92 Å². The molecule has 0 rings (SSSR count). The Balaban J connectivity index is 0. The van der Waals surface area contributed by atoms with Crippen molar-refractivity contribution in [2.75, 3.05) is 0 Å². The van der Waals surface area contributed by atoms with Crippen LogP contribution in [0.5, 0.6) is 0 Å². The first-order valence-electron chi connectivity index (χ1n) is 5.34. The van der Waals surface area contributed by atoms with E-state index in [4.69, 9.17) is 9.90 Å². The lowest BCUT2D eigenvalue weighted by Gasteiger charge is -1.96. The standard InChI is InChI=1S/C9H20.C2H4O2/c1-3-5-7-9-8-6-4-2;1-2(3)4/h3-9H2,1-2H3;1H3,(H,3,4). The minimum Gasteiger partial charge on any atom is -0.481 e. The van der Waals surface area contributed by atoms with Crippen molar-refractivity contribution in [3.8, 4) is 0 Å². The summed E-state index contributed by atoms with van der Waals surface area (Å²) >= 11 is 0. The first-order chi connectivity index (χ1) is 6.15. The van der Waals surface area contributed by atoms with Crippen molar-refractivity contribution >= 4 is 5.97 Å². The Labute approximate surface area is 82.4 Å². The molecular weight excluding hydrogens is 164 g/mol. The van der Waals surface area contributed by atoms with E-state index in [0.717, 1.165) is 6.92 Å². The highest BCUT2D eigenvalue weighted by molar-refractivity contribution is 5.62. The normalized spacial score (nSPS) is 8.85. The van der Waals surface area contributed by atoms with Gasteiger partial charge in [-0.3, -0.25) is 4.79 Å². The second kappa shape index (κ2) is 14.0. The average molecular weight is 188 g/mol. The summed E-state index contributed by atoms with van der Waals surface area (Å²) in [4.78, 5) is 9.00. The van der Waals surface area contributed by atoms with Gasteiger partial charge in [0.1, 0.15) is 0 Å². The zero-order valence-electron chi connectivity index (χ0n) is 9.31. The van der Waals surface area contributed by atoms with Gasteiger partial charge in [0.15, 0.2) is 0 Å². The van der Waals surface area contributed by atoms with E-state index in [1.54, 1.807) is 0 Å². The number of unbranched alkanes of at least 4 members (excludes halogenated alkanes) is 6. The third kappa shape index (κ3) is 34.4. The second-order valence-corrected chi connectivity index (χ2v) is 3.29. The molecule has 0 heterocycles. The van der Waals surface area contributed by atoms with Gasteiger partial charge >= 0.3 is 0 Å². The summed E-state index contributed by atoms with van der Waals surface area (Å²) in [6.07, 6.45) is 9.97. The Morgan fingerprint density at radius 1 is 0.923 bits per heavy atom. The van der Waals surface area contributed by atoms with Crippen LogP contribution in [0.25, 0.3) is 0 Å². The molecule has 0 spiro atoms. The molecule has 0 fully saturated rings. The first-order valence-corrected chi connectivity index (χ1v) is 5.34. The van der Waals surface area contributed by atoms with Crippen LogP contribution in [0.4, 0.5) is 0 Å². The number of rotatable bonds is 6. The molecule has 0 aliphatic rings. The number of hydrogen-bond acceptors (Lipinski definition) is 1. The summed E-state index contributed by atoms with van der Waals surface area (Å²) in [5.74, 6) is -0.833. The smallest absolute Gasteiger partial charge is 0.300 e. The number of carbonyl (C=O) groups is 1. The van der Waals surface area contributed by atoms with Crippen LogP contribution < -0.4 is 0 Å². The van der Waals surface area contributed by atoms with Crippen LogP contribution >= 0.6 is 0 Å². The highest BCUT2D eigenvalue weighted by Crippen LogP contribution is 2.05.